The normalized spacial score (nSPS) is 25.7. The van der Waals surface area contributed by atoms with E-state index in [1.165, 1.54) is 11.1 Å². The number of nitrogens with zero attached hydrogens (tertiary/aromatic N) is 6. The van der Waals surface area contributed by atoms with E-state index < -0.39 is 0 Å². The average Bonchev–Trinajstić information content (AvgIpc) is 3.50. The molecule has 3 unspecified atom stereocenters. The van der Waals surface area contributed by atoms with Crippen molar-refractivity contribution in [3.63, 3.8) is 0 Å². The topological polar surface area (TPSA) is 107 Å². The SMILES string of the molecule is NC1c2ccccc2C(c2cnc3c(N4CCCc5ncccc54)nn(C4CCCCO4)c3n2)C12CCNCC2. The van der Waals surface area contributed by atoms with Crippen molar-refractivity contribution in [2.75, 3.05) is 31.1 Å². The molecule has 6 heterocycles. The van der Waals surface area contributed by atoms with Gasteiger partial charge >= 0.3 is 0 Å². The molecule has 9 heteroatoms. The lowest BCUT2D eigenvalue weighted by Gasteiger charge is -2.42. The molecule has 3 atom stereocenters. The van der Waals surface area contributed by atoms with Gasteiger partial charge in [0.2, 0.25) is 0 Å². The molecule has 0 amide bonds. The zero-order chi connectivity index (χ0) is 26.7. The molecular weight excluding hydrogens is 500 g/mol. The molecule has 3 aliphatic heterocycles. The highest BCUT2D eigenvalue weighted by atomic mass is 16.5. The Labute approximate surface area is 234 Å². The first-order valence-corrected chi connectivity index (χ1v) is 14.9. The van der Waals surface area contributed by atoms with Crippen LogP contribution in [0.2, 0.25) is 0 Å². The molecule has 2 fully saturated rings. The van der Waals surface area contributed by atoms with Gasteiger partial charge in [-0.25, -0.2) is 14.6 Å². The first kappa shape index (κ1) is 24.4. The zero-order valence-corrected chi connectivity index (χ0v) is 22.8. The zero-order valence-electron chi connectivity index (χ0n) is 22.8. The molecule has 1 spiro atoms. The number of anilines is 2. The van der Waals surface area contributed by atoms with Crippen LogP contribution in [0.15, 0.2) is 48.8 Å². The van der Waals surface area contributed by atoms with Crippen molar-refractivity contribution in [2.45, 2.75) is 63.1 Å². The van der Waals surface area contributed by atoms with Crippen LogP contribution in [0, 0.1) is 5.41 Å². The Morgan fingerprint density at radius 1 is 1.00 bits per heavy atom. The molecule has 9 nitrogen and oxygen atoms in total. The van der Waals surface area contributed by atoms with Crippen LogP contribution in [-0.2, 0) is 11.2 Å². The highest BCUT2D eigenvalue weighted by molar-refractivity contribution is 5.87. The van der Waals surface area contributed by atoms with Crippen LogP contribution in [0.25, 0.3) is 11.2 Å². The number of nitrogens with two attached hydrogens (primary N) is 1. The summed E-state index contributed by atoms with van der Waals surface area (Å²) in [4.78, 5) is 17.5. The van der Waals surface area contributed by atoms with Gasteiger partial charge in [0, 0.05) is 36.7 Å². The van der Waals surface area contributed by atoms with Gasteiger partial charge in [0.1, 0.15) is 0 Å². The van der Waals surface area contributed by atoms with E-state index in [0.29, 0.717) is 0 Å². The molecule has 2 saturated heterocycles. The number of hydrogen-bond acceptors (Lipinski definition) is 8. The lowest BCUT2D eigenvalue weighted by molar-refractivity contribution is -0.0369. The summed E-state index contributed by atoms with van der Waals surface area (Å²) in [6.45, 7) is 3.55. The van der Waals surface area contributed by atoms with Crippen molar-refractivity contribution >= 4 is 22.7 Å². The van der Waals surface area contributed by atoms with E-state index >= 15 is 0 Å². The third kappa shape index (κ3) is 3.64. The molecule has 40 heavy (non-hydrogen) atoms. The van der Waals surface area contributed by atoms with Gasteiger partial charge < -0.3 is 20.7 Å². The maximum atomic E-state index is 7.06. The van der Waals surface area contributed by atoms with E-state index in [-0.39, 0.29) is 23.6 Å². The van der Waals surface area contributed by atoms with Crippen molar-refractivity contribution in [2.24, 2.45) is 11.1 Å². The molecule has 0 radical (unpaired) electrons. The smallest absolute Gasteiger partial charge is 0.183 e. The third-order valence-corrected chi connectivity index (χ3v) is 9.71. The Morgan fingerprint density at radius 3 is 2.73 bits per heavy atom. The van der Waals surface area contributed by atoms with Crippen LogP contribution < -0.4 is 16.0 Å². The Hall–Kier alpha value is -3.40. The lowest BCUT2D eigenvalue weighted by Crippen LogP contribution is -2.44. The van der Waals surface area contributed by atoms with E-state index in [1.807, 2.05) is 23.1 Å². The molecule has 4 aliphatic rings. The van der Waals surface area contributed by atoms with Crippen LogP contribution in [-0.4, -0.2) is 51.0 Å². The Bertz CT molecular complexity index is 1550. The summed E-state index contributed by atoms with van der Waals surface area (Å²) in [7, 11) is 0. The molecule has 0 saturated carbocycles. The predicted octanol–water partition coefficient (Wildman–Crippen LogP) is 4.52. The van der Waals surface area contributed by atoms with Gasteiger partial charge in [0.15, 0.2) is 23.2 Å². The number of pyridine rings is 1. The fourth-order valence-corrected chi connectivity index (χ4v) is 7.76. The number of hydrogen-bond donors (Lipinski definition) is 2. The van der Waals surface area contributed by atoms with E-state index in [9.17, 15) is 0 Å². The molecule has 3 aromatic heterocycles. The summed E-state index contributed by atoms with van der Waals surface area (Å²) in [6.07, 6.45) is 10.9. The van der Waals surface area contributed by atoms with Gasteiger partial charge in [-0.05, 0) is 81.3 Å². The highest BCUT2D eigenvalue weighted by Gasteiger charge is 2.53. The molecule has 3 N–H and O–H groups in total. The molecule has 206 valence electrons. The minimum absolute atomic E-state index is 0.0206. The summed E-state index contributed by atoms with van der Waals surface area (Å²) >= 11 is 0. The molecule has 1 aromatic carbocycles. The second kappa shape index (κ2) is 9.61. The maximum Gasteiger partial charge on any atom is 0.183 e. The van der Waals surface area contributed by atoms with E-state index in [1.54, 1.807) is 0 Å². The second-order valence-electron chi connectivity index (χ2n) is 11.8. The summed E-state index contributed by atoms with van der Waals surface area (Å²) in [6, 6.07) is 12.8. The quantitative estimate of drug-likeness (QED) is 0.394. The highest BCUT2D eigenvalue weighted by Crippen LogP contribution is 2.59. The van der Waals surface area contributed by atoms with Crippen molar-refractivity contribution in [3.8, 4) is 0 Å². The van der Waals surface area contributed by atoms with Crippen molar-refractivity contribution < 1.29 is 4.74 Å². The standard InChI is InChI=1S/C31H36N8O/c32-28-21-8-2-1-7-20(21)26(31(28)12-15-33-16-13-31)23-19-35-27-29(36-23)39(25-11-3-4-18-40-25)37-30(27)38-17-6-9-22-24(38)10-5-14-34-22/h1-2,5,7-8,10,14,19,25-26,28,33H,3-4,6,9,11-13,15-18,32H2. The predicted molar refractivity (Wildman–Crippen MR) is 153 cm³/mol. The number of rotatable bonds is 3. The first-order valence-electron chi connectivity index (χ1n) is 14.9. The van der Waals surface area contributed by atoms with Crippen molar-refractivity contribution in [3.05, 3.63) is 71.3 Å². The molecule has 1 aliphatic carbocycles. The lowest BCUT2D eigenvalue weighted by atomic mass is 9.66. The summed E-state index contributed by atoms with van der Waals surface area (Å²) in [5, 5.41) is 8.75. The third-order valence-electron chi connectivity index (χ3n) is 9.71. The van der Waals surface area contributed by atoms with Crippen LogP contribution >= 0.6 is 0 Å². The van der Waals surface area contributed by atoms with E-state index in [4.69, 9.17) is 25.5 Å². The number of piperidine rings is 1. The van der Waals surface area contributed by atoms with Crippen molar-refractivity contribution in [1.82, 2.24) is 30.0 Å². The molecule has 0 bridgehead atoms. The Morgan fingerprint density at radius 2 is 1.88 bits per heavy atom. The fourth-order valence-electron chi connectivity index (χ4n) is 7.76. The molecule has 4 aromatic rings. The summed E-state index contributed by atoms with van der Waals surface area (Å²) < 4.78 is 8.28. The first-order chi connectivity index (χ1) is 19.7. The Kier molecular flexibility index (Phi) is 5.86. The fraction of sp³-hybridized carbons (Fsp3) is 0.484. The summed E-state index contributed by atoms with van der Waals surface area (Å²) in [5.41, 5.74) is 14.4. The number of aromatic nitrogens is 5. The monoisotopic (exact) mass is 536 g/mol. The largest absolute Gasteiger partial charge is 0.356 e. The van der Waals surface area contributed by atoms with Gasteiger partial charge in [-0.15, -0.1) is 5.10 Å². The second-order valence-corrected chi connectivity index (χ2v) is 11.8. The van der Waals surface area contributed by atoms with Gasteiger partial charge in [0.25, 0.3) is 0 Å². The van der Waals surface area contributed by atoms with Gasteiger partial charge in [-0.3, -0.25) is 4.98 Å². The number of aryl methyl sites for hydroxylation is 1. The maximum absolute atomic E-state index is 7.06. The van der Waals surface area contributed by atoms with Crippen LogP contribution in [0.1, 0.15) is 79.2 Å². The molecule has 8 rings (SSSR count). The van der Waals surface area contributed by atoms with Crippen molar-refractivity contribution in [1.29, 1.82) is 0 Å². The van der Waals surface area contributed by atoms with Crippen LogP contribution in [0.5, 0.6) is 0 Å². The number of benzene rings is 1. The van der Waals surface area contributed by atoms with E-state index in [0.717, 1.165) is 105 Å². The number of nitrogens with one attached hydrogen (secondary N) is 1. The minimum atomic E-state index is -0.140. The van der Waals surface area contributed by atoms with E-state index in [2.05, 4.69) is 45.5 Å². The van der Waals surface area contributed by atoms with Gasteiger partial charge in [-0.1, -0.05) is 24.3 Å². The van der Waals surface area contributed by atoms with Gasteiger partial charge in [0.05, 0.1) is 23.3 Å². The van der Waals surface area contributed by atoms with Crippen LogP contribution in [0.4, 0.5) is 11.5 Å². The number of ether oxygens (including phenoxy) is 1. The average molecular weight is 537 g/mol. The van der Waals surface area contributed by atoms with Gasteiger partial charge in [-0.2, -0.15) is 0 Å². The van der Waals surface area contributed by atoms with Crippen LogP contribution in [0.3, 0.4) is 0 Å². The number of fused-ring (bicyclic) bond motifs is 3. The molecular formula is C31H36N8O. The summed E-state index contributed by atoms with van der Waals surface area (Å²) in [5.74, 6) is 0.939. The Balaban J connectivity index is 1.31. The minimum Gasteiger partial charge on any atom is -0.356 e.